The molecule has 1 unspecified atom stereocenters. The number of fused-ring (bicyclic) bond motifs is 1. The molecule has 20 heavy (non-hydrogen) atoms. The van der Waals surface area contributed by atoms with E-state index in [1.807, 2.05) is 26.1 Å². The second-order valence-electron chi connectivity index (χ2n) is 5.23. The zero-order valence-electron chi connectivity index (χ0n) is 11.7. The molecule has 1 heterocycles. The highest BCUT2D eigenvalue weighted by atomic mass is 35.5. The maximum atomic E-state index is 6.24. The fraction of sp³-hybridized carbons (Fsp3) is 0.400. The Morgan fingerprint density at radius 2 is 2.30 bits per heavy atom. The lowest BCUT2D eigenvalue weighted by Gasteiger charge is -2.12. The predicted molar refractivity (Wildman–Crippen MR) is 79.0 cm³/mol. The van der Waals surface area contributed by atoms with Gasteiger partial charge in [0.2, 0.25) is 0 Å². The van der Waals surface area contributed by atoms with Gasteiger partial charge >= 0.3 is 0 Å². The maximum absolute atomic E-state index is 6.24. The standard InChI is InChI=1S/C15H18ClN3O/c1-9-15(16)13(19(2)18-9)8-20-14-5-3-4-10-11(14)6-7-12(10)17/h3-5,12H,6-8,17H2,1-2H3. The summed E-state index contributed by atoms with van der Waals surface area (Å²) in [5.41, 5.74) is 10.2. The summed E-state index contributed by atoms with van der Waals surface area (Å²) in [6.45, 7) is 2.31. The first kappa shape index (κ1) is 13.5. The number of nitrogens with zero attached hydrogens (tertiary/aromatic N) is 2. The normalized spacial score (nSPS) is 17.3. The topological polar surface area (TPSA) is 53.1 Å². The predicted octanol–water partition coefficient (Wildman–Crippen LogP) is 2.91. The second-order valence-corrected chi connectivity index (χ2v) is 5.61. The Bertz CT molecular complexity index is 651. The monoisotopic (exact) mass is 291 g/mol. The molecule has 0 bridgehead atoms. The molecule has 0 radical (unpaired) electrons. The summed E-state index contributed by atoms with van der Waals surface area (Å²) in [7, 11) is 1.88. The largest absolute Gasteiger partial charge is 0.487 e. The van der Waals surface area contributed by atoms with Crippen molar-refractivity contribution in [3.05, 3.63) is 45.7 Å². The molecule has 5 heteroatoms. The van der Waals surface area contributed by atoms with Crippen LogP contribution in [-0.4, -0.2) is 9.78 Å². The van der Waals surface area contributed by atoms with Crippen molar-refractivity contribution >= 4 is 11.6 Å². The molecule has 1 aromatic carbocycles. The third-order valence-electron chi connectivity index (χ3n) is 3.90. The van der Waals surface area contributed by atoms with Gasteiger partial charge in [-0.05, 0) is 37.0 Å². The summed E-state index contributed by atoms with van der Waals surface area (Å²) in [5.74, 6) is 0.908. The van der Waals surface area contributed by atoms with E-state index in [0.717, 1.165) is 30.0 Å². The molecule has 0 saturated heterocycles. The van der Waals surface area contributed by atoms with E-state index >= 15 is 0 Å². The smallest absolute Gasteiger partial charge is 0.131 e. The van der Waals surface area contributed by atoms with Crippen LogP contribution >= 0.6 is 11.6 Å². The van der Waals surface area contributed by atoms with E-state index in [9.17, 15) is 0 Å². The van der Waals surface area contributed by atoms with E-state index in [4.69, 9.17) is 22.1 Å². The van der Waals surface area contributed by atoms with Gasteiger partial charge in [0, 0.05) is 13.1 Å². The molecule has 0 saturated carbocycles. The number of aromatic nitrogens is 2. The van der Waals surface area contributed by atoms with E-state index in [1.165, 1.54) is 11.1 Å². The number of hydrogen-bond donors (Lipinski definition) is 1. The van der Waals surface area contributed by atoms with Crippen LogP contribution < -0.4 is 10.5 Å². The van der Waals surface area contributed by atoms with Crippen LogP contribution in [0.1, 0.15) is 35.0 Å². The minimum atomic E-state index is 0.135. The molecule has 106 valence electrons. The molecular formula is C15H18ClN3O. The molecule has 2 aromatic rings. The van der Waals surface area contributed by atoms with Crippen molar-refractivity contribution in [2.45, 2.75) is 32.4 Å². The number of benzene rings is 1. The molecule has 1 aromatic heterocycles. The number of aryl methyl sites for hydroxylation is 2. The highest BCUT2D eigenvalue weighted by Gasteiger charge is 2.22. The number of rotatable bonds is 3. The van der Waals surface area contributed by atoms with Crippen LogP contribution in [0, 0.1) is 6.92 Å². The molecule has 0 spiro atoms. The van der Waals surface area contributed by atoms with Gasteiger partial charge < -0.3 is 10.5 Å². The molecule has 4 nitrogen and oxygen atoms in total. The van der Waals surface area contributed by atoms with Crippen molar-refractivity contribution < 1.29 is 4.74 Å². The van der Waals surface area contributed by atoms with Crippen LogP contribution in [0.5, 0.6) is 5.75 Å². The first-order valence-electron chi connectivity index (χ1n) is 6.76. The lowest BCUT2D eigenvalue weighted by molar-refractivity contribution is 0.292. The van der Waals surface area contributed by atoms with Crippen molar-refractivity contribution in [1.29, 1.82) is 0 Å². The summed E-state index contributed by atoms with van der Waals surface area (Å²) >= 11 is 6.24. The van der Waals surface area contributed by atoms with Crippen LogP contribution in [0.2, 0.25) is 5.02 Å². The van der Waals surface area contributed by atoms with Gasteiger partial charge in [0.1, 0.15) is 12.4 Å². The number of nitrogens with two attached hydrogens (primary N) is 1. The average molecular weight is 292 g/mol. The van der Waals surface area contributed by atoms with Gasteiger partial charge in [-0.15, -0.1) is 0 Å². The minimum Gasteiger partial charge on any atom is -0.487 e. The molecular weight excluding hydrogens is 274 g/mol. The SMILES string of the molecule is Cc1nn(C)c(COc2cccc3c2CCC3N)c1Cl. The van der Waals surface area contributed by atoms with E-state index in [2.05, 4.69) is 11.2 Å². The van der Waals surface area contributed by atoms with Gasteiger partial charge in [-0.1, -0.05) is 23.7 Å². The Hall–Kier alpha value is -1.52. The maximum Gasteiger partial charge on any atom is 0.131 e. The number of hydrogen-bond acceptors (Lipinski definition) is 3. The zero-order valence-corrected chi connectivity index (χ0v) is 12.4. The van der Waals surface area contributed by atoms with Crippen molar-refractivity contribution in [1.82, 2.24) is 9.78 Å². The summed E-state index contributed by atoms with van der Waals surface area (Å²) in [5, 5.41) is 4.97. The highest BCUT2D eigenvalue weighted by molar-refractivity contribution is 6.31. The van der Waals surface area contributed by atoms with Gasteiger partial charge in [0.25, 0.3) is 0 Å². The van der Waals surface area contributed by atoms with Gasteiger partial charge in [-0.25, -0.2) is 0 Å². The van der Waals surface area contributed by atoms with Gasteiger partial charge in [0.05, 0.1) is 16.4 Å². The first-order chi connectivity index (χ1) is 9.58. The lowest BCUT2D eigenvalue weighted by Crippen LogP contribution is -2.06. The summed E-state index contributed by atoms with van der Waals surface area (Å²) in [6, 6.07) is 6.21. The van der Waals surface area contributed by atoms with Gasteiger partial charge in [-0.2, -0.15) is 5.10 Å². The van der Waals surface area contributed by atoms with Crippen LogP contribution in [0.4, 0.5) is 0 Å². The second kappa shape index (κ2) is 5.11. The minimum absolute atomic E-state index is 0.135. The molecule has 1 atom stereocenters. The van der Waals surface area contributed by atoms with Gasteiger partial charge in [0.15, 0.2) is 0 Å². The van der Waals surface area contributed by atoms with E-state index in [-0.39, 0.29) is 6.04 Å². The third kappa shape index (κ3) is 2.19. The number of halogens is 1. The van der Waals surface area contributed by atoms with Gasteiger partial charge in [-0.3, -0.25) is 4.68 Å². The van der Waals surface area contributed by atoms with Crippen molar-refractivity contribution in [3.63, 3.8) is 0 Å². The molecule has 1 aliphatic rings. The molecule has 0 amide bonds. The van der Waals surface area contributed by atoms with E-state index < -0.39 is 0 Å². The Labute approximate surface area is 123 Å². The van der Waals surface area contributed by atoms with Crippen molar-refractivity contribution in [2.24, 2.45) is 12.8 Å². The Kier molecular flexibility index (Phi) is 3.44. The van der Waals surface area contributed by atoms with E-state index in [1.54, 1.807) is 4.68 Å². The Morgan fingerprint density at radius 1 is 1.50 bits per heavy atom. The fourth-order valence-corrected chi connectivity index (χ4v) is 2.99. The Morgan fingerprint density at radius 3 is 3.00 bits per heavy atom. The van der Waals surface area contributed by atoms with Crippen molar-refractivity contribution in [2.75, 3.05) is 0 Å². The van der Waals surface area contributed by atoms with Crippen LogP contribution in [0.15, 0.2) is 18.2 Å². The quantitative estimate of drug-likeness (QED) is 0.946. The molecule has 0 aliphatic heterocycles. The summed E-state index contributed by atoms with van der Waals surface area (Å²) in [6.07, 6.45) is 1.96. The fourth-order valence-electron chi connectivity index (χ4n) is 2.77. The van der Waals surface area contributed by atoms with E-state index in [0.29, 0.717) is 11.6 Å². The summed E-state index contributed by atoms with van der Waals surface area (Å²) in [4.78, 5) is 0. The third-order valence-corrected chi connectivity index (χ3v) is 4.39. The summed E-state index contributed by atoms with van der Waals surface area (Å²) < 4.78 is 7.73. The molecule has 2 N–H and O–H groups in total. The first-order valence-corrected chi connectivity index (χ1v) is 7.14. The van der Waals surface area contributed by atoms with Crippen molar-refractivity contribution in [3.8, 4) is 5.75 Å². The zero-order chi connectivity index (χ0) is 14.3. The molecule has 3 rings (SSSR count). The lowest BCUT2D eigenvalue weighted by atomic mass is 10.1. The van der Waals surface area contributed by atoms with Crippen LogP contribution in [0.3, 0.4) is 0 Å². The van der Waals surface area contributed by atoms with Crippen LogP contribution in [-0.2, 0) is 20.1 Å². The molecule has 0 fully saturated rings. The van der Waals surface area contributed by atoms with Crippen LogP contribution in [0.25, 0.3) is 0 Å². The average Bonchev–Trinajstić information content (AvgIpc) is 2.91. The highest BCUT2D eigenvalue weighted by Crippen LogP contribution is 2.36. The Balaban J connectivity index is 1.83. The number of ether oxygens (including phenoxy) is 1. The molecule has 1 aliphatic carbocycles.